The van der Waals surface area contributed by atoms with Gasteiger partial charge in [-0.1, -0.05) is 6.42 Å². The topological polar surface area (TPSA) is 25.2 Å². The molecule has 66 valence electrons. The van der Waals surface area contributed by atoms with Gasteiger partial charge in [-0.15, -0.1) is 0 Å². The molecule has 2 atom stereocenters. The quantitative estimate of drug-likeness (QED) is 0.726. The van der Waals surface area contributed by atoms with Crippen LogP contribution >= 0.6 is 0 Å². The minimum absolute atomic E-state index is 0.602. The van der Waals surface area contributed by atoms with Crippen molar-refractivity contribution in [2.24, 2.45) is 0 Å². The fraction of sp³-hybridized carbons (Fsp3) is 0.600. The van der Waals surface area contributed by atoms with E-state index in [1.807, 2.05) is 13.1 Å². The second-order valence-electron chi connectivity index (χ2n) is 3.45. The average Bonchev–Trinajstić information content (AvgIpc) is 2.74. The van der Waals surface area contributed by atoms with Crippen LogP contribution in [0.3, 0.4) is 0 Å². The molecule has 0 spiro atoms. The molecule has 2 heteroatoms. The van der Waals surface area contributed by atoms with Crippen LogP contribution in [-0.2, 0) is 0 Å². The molecule has 1 aliphatic rings. The zero-order valence-electron chi connectivity index (χ0n) is 7.42. The van der Waals surface area contributed by atoms with Gasteiger partial charge in [-0.3, -0.25) is 0 Å². The zero-order valence-corrected chi connectivity index (χ0v) is 7.42. The Balaban J connectivity index is 2.13. The summed E-state index contributed by atoms with van der Waals surface area (Å²) in [5.74, 6) is 1.75. The normalized spacial score (nSPS) is 29.4. The minimum Gasteiger partial charge on any atom is -0.469 e. The van der Waals surface area contributed by atoms with Gasteiger partial charge < -0.3 is 9.73 Å². The Morgan fingerprint density at radius 3 is 3.08 bits per heavy atom. The summed E-state index contributed by atoms with van der Waals surface area (Å²) in [7, 11) is 2.03. The highest BCUT2D eigenvalue weighted by atomic mass is 16.3. The van der Waals surface area contributed by atoms with E-state index < -0.39 is 0 Å². The molecule has 1 aromatic heterocycles. The largest absolute Gasteiger partial charge is 0.469 e. The molecule has 0 amide bonds. The maximum atomic E-state index is 5.41. The Hall–Kier alpha value is -0.760. The molecule has 1 saturated carbocycles. The Labute approximate surface area is 73.0 Å². The van der Waals surface area contributed by atoms with Gasteiger partial charge in [0, 0.05) is 12.0 Å². The van der Waals surface area contributed by atoms with Crippen molar-refractivity contribution >= 4 is 0 Å². The van der Waals surface area contributed by atoms with Gasteiger partial charge in [0.2, 0.25) is 0 Å². The summed E-state index contributed by atoms with van der Waals surface area (Å²) < 4.78 is 5.41. The third-order valence-electron chi connectivity index (χ3n) is 2.80. The molecule has 2 rings (SSSR count). The average molecular weight is 165 g/mol. The second-order valence-corrected chi connectivity index (χ2v) is 3.45. The van der Waals surface area contributed by atoms with Crippen molar-refractivity contribution in [3.63, 3.8) is 0 Å². The van der Waals surface area contributed by atoms with Gasteiger partial charge in [0.25, 0.3) is 0 Å². The molecular weight excluding hydrogens is 150 g/mol. The number of hydrogen-bond donors (Lipinski definition) is 1. The highest BCUT2D eigenvalue weighted by Gasteiger charge is 2.28. The van der Waals surface area contributed by atoms with Crippen LogP contribution < -0.4 is 5.32 Å². The number of rotatable bonds is 2. The maximum absolute atomic E-state index is 5.41. The van der Waals surface area contributed by atoms with E-state index in [4.69, 9.17) is 4.42 Å². The molecule has 1 heterocycles. The van der Waals surface area contributed by atoms with Gasteiger partial charge in [0.15, 0.2) is 0 Å². The second kappa shape index (κ2) is 3.31. The summed E-state index contributed by atoms with van der Waals surface area (Å²) >= 11 is 0. The summed E-state index contributed by atoms with van der Waals surface area (Å²) in [6.07, 6.45) is 5.62. The van der Waals surface area contributed by atoms with E-state index in [1.165, 1.54) is 19.3 Å². The van der Waals surface area contributed by atoms with E-state index in [0.29, 0.717) is 12.0 Å². The van der Waals surface area contributed by atoms with E-state index in [0.717, 1.165) is 5.76 Å². The molecule has 1 aliphatic carbocycles. The van der Waals surface area contributed by atoms with Gasteiger partial charge in [0.05, 0.1) is 6.26 Å². The third kappa shape index (κ3) is 1.27. The SMILES string of the molecule is CNC1CCCC1c1ccco1. The van der Waals surface area contributed by atoms with E-state index in [2.05, 4.69) is 11.4 Å². The molecular formula is C10H15NO. The van der Waals surface area contributed by atoms with Crippen LogP contribution in [0.5, 0.6) is 0 Å². The third-order valence-corrected chi connectivity index (χ3v) is 2.80. The van der Waals surface area contributed by atoms with Gasteiger partial charge in [0.1, 0.15) is 5.76 Å². The standard InChI is InChI=1S/C10H15NO/c1-11-9-5-2-4-8(9)10-6-3-7-12-10/h3,6-9,11H,2,4-5H2,1H3. The van der Waals surface area contributed by atoms with E-state index in [1.54, 1.807) is 6.26 Å². The number of hydrogen-bond acceptors (Lipinski definition) is 2. The van der Waals surface area contributed by atoms with Crippen LogP contribution in [0.15, 0.2) is 22.8 Å². The van der Waals surface area contributed by atoms with Crippen LogP contribution in [0, 0.1) is 0 Å². The number of nitrogens with one attached hydrogen (secondary N) is 1. The monoisotopic (exact) mass is 165 g/mol. The molecule has 1 N–H and O–H groups in total. The van der Waals surface area contributed by atoms with Crippen molar-refractivity contribution < 1.29 is 4.42 Å². The Morgan fingerprint density at radius 2 is 2.42 bits per heavy atom. The van der Waals surface area contributed by atoms with Gasteiger partial charge in [-0.2, -0.15) is 0 Å². The smallest absolute Gasteiger partial charge is 0.108 e. The molecule has 0 saturated heterocycles. The van der Waals surface area contributed by atoms with Gasteiger partial charge in [-0.05, 0) is 32.0 Å². The van der Waals surface area contributed by atoms with E-state index in [-0.39, 0.29) is 0 Å². The van der Waals surface area contributed by atoms with E-state index >= 15 is 0 Å². The lowest BCUT2D eigenvalue weighted by atomic mass is 10.0. The highest BCUT2D eigenvalue weighted by molar-refractivity contribution is 5.10. The molecule has 0 bridgehead atoms. The van der Waals surface area contributed by atoms with Crippen molar-refractivity contribution in [3.05, 3.63) is 24.2 Å². The number of furan rings is 1. The summed E-state index contributed by atoms with van der Waals surface area (Å²) in [6.45, 7) is 0. The molecule has 12 heavy (non-hydrogen) atoms. The first-order valence-corrected chi connectivity index (χ1v) is 4.62. The van der Waals surface area contributed by atoms with Gasteiger partial charge >= 0.3 is 0 Å². The fourth-order valence-corrected chi connectivity index (χ4v) is 2.15. The first-order chi connectivity index (χ1) is 5.92. The molecule has 2 nitrogen and oxygen atoms in total. The lowest BCUT2D eigenvalue weighted by Crippen LogP contribution is -2.27. The van der Waals surface area contributed by atoms with Crippen molar-refractivity contribution in [1.82, 2.24) is 5.32 Å². The number of likely N-dealkylation sites (N-methyl/N-ethyl adjacent to an activating group) is 1. The molecule has 2 unspecified atom stereocenters. The minimum atomic E-state index is 0.602. The Kier molecular flexibility index (Phi) is 2.17. The summed E-state index contributed by atoms with van der Waals surface area (Å²) in [4.78, 5) is 0. The highest BCUT2D eigenvalue weighted by Crippen LogP contribution is 2.34. The van der Waals surface area contributed by atoms with Crippen LogP contribution in [-0.4, -0.2) is 13.1 Å². The lowest BCUT2D eigenvalue weighted by molar-refractivity contribution is 0.418. The van der Waals surface area contributed by atoms with Crippen molar-refractivity contribution in [1.29, 1.82) is 0 Å². The lowest BCUT2D eigenvalue weighted by Gasteiger charge is -2.15. The fourth-order valence-electron chi connectivity index (χ4n) is 2.15. The van der Waals surface area contributed by atoms with Crippen molar-refractivity contribution in [3.8, 4) is 0 Å². The first-order valence-electron chi connectivity index (χ1n) is 4.62. The Morgan fingerprint density at radius 1 is 1.50 bits per heavy atom. The summed E-state index contributed by atoms with van der Waals surface area (Å²) in [5.41, 5.74) is 0. The van der Waals surface area contributed by atoms with Crippen LogP contribution in [0.4, 0.5) is 0 Å². The predicted octanol–water partition coefficient (Wildman–Crippen LogP) is 2.14. The maximum Gasteiger partial charge on any atom is 0.108 e. The molecule has 0 aliphatic heterocycles. The zero-order chi connectivity index (χ0) is 8.39. The van der Waals surface area contributed by atoms with Crippen molar-refractivity contribution in [2.75, 3.05) is 7.05 Å². The van der Waals surface area contributed by atoms with Crippen molar-refractivity contribution in [2.45, 2.75) is 31.2 Å². The molecule has 1 fully saturated rings. The summed E-state index contributed by atoms with van der Waals surface area (Å²) in [5, 5.41) is 3.34. The first kappa shape index (κ1) is 7.87. The van der Waals surface area contributed by atoms with Crippen LogP contribution in [0.1, 0.15) is 30.9 Å². The van der Waals surface area contributed by atoms with E-state index in [9.17, 15) is 0 Å². The van der Waals surface area contributed by atoms with Crippen LogP contribution in [0.2, 0.25) is 0 Å². The molecule has 0 radical (unpaired) electrons. The summed E-state index contributed by atoms with van der Waals surface area (Å²) in [6, 6.07) is 4.68. The molecule has 1 aromatic rings. The predicted molar refractivity (Wildman–Crippen MR) is 48.1 cm³/mol. The Bertz CT molecular complexity index is 230. The van der Waals surface area contributed by atoms with Crippen LogP contribution in [0.25, 0.3) is 0 Å². The molecule has 0 aromatic carbocycles. The van der Waals surface area contributed by atoms with Gasteiger partial charge in [-0.25, -0.2) is 0 Å².